The number of nitrogens with zero attached hydrogens (tertiary/aromatic N) is 1. The SMILES string of the molecule is OC1CCN(Cc2cc(-c3cccs3)cs2)C1. The molecule has 3 heterocycles. The Hall–Kier alpha value is -0.680. The van der Waals surface area contributed by atoms with Gasteiger partial charge in [-0.25, -0.2) is 0 Å². The van der Waals surface area contributed by atoms with Gasteiger partial charge in [-0.15, -0.1) is 22.7 Å². The van der Waals surface area contributed by atoms with Crippen LogP contribution >= 0.6 is 22.7 Å². The first-order chi connectivity index (χ1) is 8.31. The summed E-state index contributed by atoms with van der Waals surface area (Å²) in [7, 11) is 0. The van der Waals surface area contributed by atoms with Crippen molar-refractivity contribution in [3.8, 4) is 10.4 Å². The Balaban J connectivity index is 1.69. The van der Waals surface area contributed by atoms with Crippen LogP contribution in [-0.4, -0.2) is 29.2 Å². The Kier molecular flexibility index (Phi) is 3.29. The van der Waals surface area contributed by atoms with Gasteiger partial charge in [-0.05, 0) is 29.3 Å². The Morgan fingerprint density at radius 2 is 2.35 bits per heavy atom. The Morgan fingerprint density at radius 1 is 1.41 bits per heavy atom. The summed E-state index contributed by atoms with van der Waals surface area (Å²) in [6, 6.07) is 6.53. The molecule has 1 fully saturated rings. The Morgan fingerprint density at radius 3 is 3.06 bits per heavy atom. The van der Waals surface area contributed by atoms with E-state index >= 15 is 0 Å². The fraction of sp³-hybridized carbons (Fsp3) is 0.385. The molecular formula is C13H15NOS2. The molecule has 0 aromatic carbocycles. The van der Waals surface area contributed by atoms with Crippen LogP contribution in [0.3, 0.4) is 0 Å². The number of rotatable bonds is 3. The highest BCUT2D eigenvalue weighted by molar-refractivity contribution is 7.14. The molecule has 17 heavy (non-hydrogen) atoms. The number of likely N-dealkylation sites (tertiary alicyclic amines) is 1. The molecule has 0 amide bonds. The summed E-state index contributed by atoms with van der Waals surface area (Å²) < 4.78 is 0. The van der Waals surface area contributed by atoms with Crippen LogP contribution in [0.2, 0.25) is 0 Å². The molecule has 1 saturated heterocycles. The lowest BCUT2D eigenvalue weighted by Crippen LogP contribution is -2.20. The molecule has 2 aromatic rings. The number of hydrogen-bond acceptors (Lipinski definition) is 4. The standard InChI is InChI=1S/C13H15NOS2/c15-11-3-4-14(7-11)8-12-6-10(9-17-12)13-2-1-5-16-13/h1-2,5-6,9,11,15H,3-4,7-8H2. The predicted molar refractivity (Wildman–Crippen MR) is 73.5 cm³/mol. The maximum absolute atomic E-state index is 9.50. The second-order valence-corrected chi connectivity index (χ2v) is 6.40. The summed E-state index contributed by atoms with van der Waals surface area (Å²) >= 11 is 3.60. The third-order valence-electron chi connectivity index (χ3n) is 3.09. The van der Waals surface area contributed by atoms with E-state index in [4.69, 9.17) is 0 Å². The molecule has 0 aliphatic carbocycles. The van der Waals surface area contributed by atoms with Gasteiger partial charge in [0.25, 0.3) is 0 Å². The molecule has 0 saturated carbocycles. The van der Waals surface area contributed by atoms with Crippen LogP contribution in [-0.2, 0) is 6.54 Å². The van der Waals surface area contributed by atoms with Gasteiger partial charge >= 0.3 is 0 Å². The van der Waals surface area contributed by atoms with E-state index in [0.29, 0.717) is 0 Å². The molecule has 1 atom stereocenters. The normalized spacial score (nSPS) is 21.1. The molecular weight excluding hydrogens is 250 g/mol. The molecule has 90 valence electrons. The highest BCUT2D eigenvalue weighted by Gasteiger charge is 2.20. The zero-order valence-electron chi connectivity index (χ0n) is 9.50. The van der Waals surface area contributed by atoms with Crippen LogP contribution in [0.5, 0.6) is 0 Å². The van der Waals surface area contributed by atoms with E-state index in [1.807, 2.05) is 11.3 Å². The summed E-state index contributed by atoms with van der Waals surface area (Å²) in [6.07, 6.45) is 0.801. The van der Waals surface area contributed by atoms with E-state index in [-0.39, 0.29) is 6.10 Å². The van der Waals surface area contributed by atoms with E-state index in [9.17, 15) is 5.11 Å². The molecule has 4 heteroatoms. The lowest BCUT2D eigenvalue weighted by atomic mass is 10.2. The van der Waals surface area contributed by atoms with Crippen molar-refractivity contribution >= 4 is 22.7 Å². The number of thiophene rings is 2. The van der Waals surface area contributed by atoms with Crippen LogP contribution in [0, 0.1) is 0 Å². The molecule has 0 spiro atoms. The number of aliphatic hydroxyl groups is 1. The minimum absolute atomic E-state index is 0.119. The van der Waals surface area contributed by atoms with Crippen molar-refractivity contribution in [2.24, 2.45) is 0 Å². The fourth-order valence-corrected chi connectivity index (χ4v) is 3.93. The number of hydrogen-bond donors (Lipinski definition) is 1. The van der Waals surface area contributed by atoms with Gasteiger partial charge in [0.2, 0.25) is 0 Å². The zero-order valence-corrected chi connectivity index (χ0v) is 11.1. The molecule has 2 nitrogen and oxygen atoms in total. The molecule has 1 N–H and O–H groups in total. The van der Waals surface area contributed by atoms with E-state index in [2.05, 4.69) is 33.9 Å². The molecule has 1 aliphatic heterocycles. The van der Waals surface area contributed by atoms with Crippen molar-refractivity contribution in [3.63, 3.8) is 0 Å². The fourth-order valence-electron chi connectivity index (χ4n) is 2.21. The summed E-state index contributed by atoms with van der Waals surface area (Å²) in [6.45, 7) is 2.83. The van der Waals surface area contributed by atoms with Gasteiger partial charge in [0.15, 0.2) is 0 Å². The summed E-state index contributed by atoms with van der Waals surface area (Å²) in [5.74, 6) is 0. The van der Waals surface area contributed by atoms with Crippen molar-refractivity contribution in [1.82, 2.24) is 4.90 Å². The summed E-state index contributed by atoms with van der Waals surface area (Å²) in [5, 5.41) is 13.8. The average Bonchev–Trinajstić information content (AvgIpc) is 3.00. The van der Waals surface area contributed by atoms with Gasteiger partial charge < -0.3 is 5.11 Å². The second-order valence-electron chi connectivity index (χ2n) is 4.46. The quantitative estimate of drug-likeness (QED) is 0.922. The van der Waals surface area contributed by atoms with Crippen LogP contribution in [0.1, 0.15) is 11.3 Å². The van der Waals surface area contributed by atoms with Crippen molar-refractivity contribution in [3.05, 3.63) is 33.8 Å². The Bertz CT molecular complexity index is 477. The van der Waals surface area contributed by atoms with Gasteiger partial charge in [0.05, 0.1) is 6.10 Å². The third kappa shape index (κ3) is 2.60. The second kappa shape index (κ2) is 4.90. The first-order valence-electron chi connectivity index (χ1n) is 5.83. The molecule has 0 bridgehead atoms. The van der Waals surface area contributed by atoms with Crippen molar-refractivity contribution in [2.45, 2.75) is 19.1 Å². The monoisotopic (exact) mass is 265 g/mol. The topological polar surface area (TPSA) is 23.5 Å². The first-order valence-corrected chi connectivity index (χ1v) is 7.59. The van der Waals surface area contributed by atoms with Crippen LogP contribution < -0.4 is 0 Å². The molecule has 2 aromatic heterocycles. The summed E-state index contributed by atoms with van der Waals surface area (Å²) in [5.41, 5.74) is 1.33. The van der Waals surface area contributed by atoms with Gasteiger partial charge in [-0.1, -0.05) is 6.07 Å². The largest absolute Gasteiger partial charge is 0.392 e. The lowest BCUT2D eigenvalue weighted by Gasteiger charge is -2.12. The molecule has 0 radical (unpaired) electrons. The number of aliphatic hydroxyl groups excluding tert-OH is 1. The molecule has 1 unspecified atom stereocenters. The van der Waals surface area contributed by atoms with Crippen molar-refractivity contribution in [1.29, 1.82) is 0 Å². The van der Waals surface area contributed by atoms with E-state index in [1.165, 1.54) is 15.3 Å². The summed E-state index contributed by atoms with van der Waals surface area (Å²) in [4.78, 5) is 5.06. The van der Waals surface area contributed by atoms with Crippen LogP contribution in [0.4, 0.5) is 0 Å². The minimum Gasteiger partial charge on any atom is -0.392 e. The van der Waals surface area contributed by atoms with Crippen molar-refractivity contribution in [2.75, 3.05) is 13.1 Å². The molecule has 1 aliphatic rings. The van der Waals surface area contributed by atoms with E-state index in [0.717, 1.165) is 26.1 Å². The van der Waals surface area contributed by atoms with Gasteiger partial charge in [-0.3, -0.25) is 4.90 Å². The maximum atomic E-state index is 9.50. The van der Waals surface area contributed by atoms with E-state index < -0.39 is 0 Å². The smallest absolute Gasteiger partial charge is 0.0679 e. The highest BCUT2D eigenvalue weighted by atomic mass is 32.1. The van der Waals surface area contributed by atoms with Gasteiger partial charge in [0.1, 0.15) is 0 Å². The Labute approximate surface area is 109 Å². The van der Waals surface area contributed by atoms with Crippen molar-refractivity contribution < 1.29 is 5.11 Å². The molecule has 3 rings (SSSR count). The lowest BCUT2D eigenvalue weighted by molar-refractivity contribution is 0.175. The highest BCUT2D eigenvalue weighted by Crippen LogP contribution is 2.30. The first kappa shape index (κ1) is 11.4. The van der Waals surface area contributed by atoms with E-state index in [1.54, 1.807) is 11.3 Å². The zero-order chi connectivity index (χ0) is 11.7. The predicted octanol–water partition coefficient (Wildman–Crippen LogP) is 3.04. The average molecular weight is 265 g/mol. The van der Waals surface area contributed by atoms with Crippen LogP contribution in [0.25, 0.3) is 10.4 Å². The van der Waals surface area contributed by atoms with Gasteiger partial charge in [-0.2, -0.15) is 0 Å². The third-order valence-corrected chi connectivity index (χ3v) is 4.93. The van der Waals surface area contributed by atoms with Crippen LogP contribution in [0.15, 0.2) is 29.0 Å². The maximum Gasteiger partial charge on any atom is 0.0679 e. The number of β-amino-alcohol motifs (C(OH)–C–C–N with tert-alkyl or cyclic N) is 1. The van der Waals surface area contributed by atoms with Gasteiger partial charge in [0, 0.05) is 35.0 Å². The minimum atomic E-state index is -0.119.